The summed E-state index contributed by atoms with van der Waals surface area (Å²) < 4.78 is 1.91. The SMILES string of the molecule is CCn1cncc1C(NC(C)C)C(N)=O. The first kappa shape index (κ1) is 11.7. The molecule has 0 saturated heterocycles. The smallest absolute Gasteiger partial charge is 0.240 e. The Balaban J connectivity index is 2.93. The van der Waals surface area contributed by atoms with E-state index in [4.69, 9.17) is 5.73 Å². The zero-order chi connectivity index (χ0) is 11.4. The Morgan fingerprint density at radius 2 is 2.33 bits per heavy atom. The van der Waals surface area contributed by atoms with Gasteiger partial charge in [-0.2, -0.15) is 0 Å². The molecule has 84 valence electrons. The number of nitrogens with zero attached hydrogens (tertiary/aromatic N) is 2. The standard InChI is InChI=1S/C10H18N4O/c1-4-14-6-12-5-8(14)9(10(11)15)13-7(2)3/h5-7,9,13H,4H2,1-3H3,(H2,11,15). The van der Waals surface area contributed by atoms with Gasteiger partial charge in [-0.15, -0.1) is 0 Å². The van der Waals surface area contributed by atoms with Gasteiger partial charge in [0.15, 0.2) is 0 Å². The number of imidazole rings is 1. The van der Waals surface area contributed by atoms with Crippen molar-refractivity contribution in [2.24, 2.45) is 5.73 Å². The van der Waals surface area contributed by atoms with E-state index >= 15 is 0 Å². The third-order valence-corrected chi connectivity index (χ3v) is 2.17. The number of nitrogens with two attached hydrogens (primary N) is 1. The Morgan fingerprint density at radius 1 is 1.67 bits per heavy atom. The van der Waals surface area contributed by atoms with Gasteiger partial charge >= 0.3 is 0 Å². The molecule has 1 unspecified atom stereocenters. The normalized spacial score (nSPS) is 13.1. The lowest BCUT2D eigenvalue weighted by Crippen LogP contribution is -2.38. The van der Waals surface area contributed by atoms with Crippen LogP contribution in [0.3, 0.4) is 0 Å². The molecule has 1 aromatic rings. The Bertz CT molecular complexity index is 332. The molecule has 0 bridgehead atoms. The van der Waals surface area contributed by atoms with Crippen LogP contribution < -0.4 is 11.1 Å². The van der Waals surface area contributed by atoms with E-state index in [1.54, 1.807) is 12.5 Å². The van der Waals surface area contributed by atoms with Gasteiger partial charge in [0.05, 0.1) is 18.2 Å². The van der Waals surface area contributed by atoms with E-state index in [2.05, 4.69) is 10.3 Å². The molecule has 0 radical (unpaired) electrons. The molecule has 1 atom stereocenters. The van der Waals surface area contributed by atoms with Crippen LogP contribution in [0, 0.1) is 0 Å². The van der Waals surface area contributed by atoms with Crippen LogP contribution in [0.5, 0.6) is 0 Å². The molecule has 0 aliphatic carbocycles. The van der Waals surface area contributed by atoms with Crippen LogP contribution in [-0.4, -0.2) is 21.5 Å². The van der Waals surface area contributed by atoms with E-state index < -0.39 is 6.04 Å². The van der Waals surface area contributed by atoms with Gasteiger partial charge in [-0.3, -0.25) is 10.1 Å². The highest BCUT2D eigenvalue weighted by molar-refractivity contribution is 5.80. The molecule has 0 aromatic carbocycles. The van der Waals surface area contributed by atoms with Gasteiger partial charge in [-0.25, -0.2) is 4.98 Å². The monoisotopic (exact) mass is 210 g/mol. The van der Waals surface area contributed by atoms with Crippen molar-refractivity contribution in [3.05, 3.63) is 18.2 Å². The summed E-state index contributed by atoms with van der Waals surface area (Å²) in [5.74, 6) is -0.376. The number of carbonyl (C=O) groups is 1. The molecule has 3 N–H and O–H groups in total. The minimum atomic E-state index is -0.465. The molecule has 0 fully saturated rings. The lowest BCUT2D eigenvalue weighted by molar-refractivity contribution is -0.120. The molecule has 1 heterocycles. The van der Waals surface area contributed by atoms with Gasteiger partial charge in [0.1, 0.15) is 6.04 Å². The van der Waals surface area contributed by atoms with Gasteiger partial charge < -0.3 is 10.3 Å². The first-order valence-corrected chi connectivity index (χ1v) is 5.11. The average molecular weight is 210 g/mol. The van der Waals surface area contributed by atoms with Crippen LogP contribution in [0.4, 0.5) is 0 Å². The summed E-state index contributed by atoms with van der Waals surface area (Å²) in [4.78, 5) is 15.3. The minimum Gasteiger partial charge on any atom is -0.368 e. The molecular weight excluding hydrogens is 192 g/mol. The van der Waals surface area contributed by atoms with Crippen LogP contribution in [0.25, 0.3) is 0 Å². The molecule has 0 saturated carbocycles. The summed E-state index contributed by atoms with van der Waals surface area (Å²) in [5, 5.41) is 3.12. The number of aromatic nitrogens is 2. The summed E-state index contributed by atoms with van der Waals surface area (Å²) in [5.41, 5.74) is 6.18. The fourth-order valence-electron chi connectivity index (χ4n) is 1.48. The third kappa shape index (κ3) is 2.79. The third-order valence-electron chi connectivity index (χ3n) is 2.17. The maximum atomic E-state index is 11.3. The molecule has 1 aromatic heterocycles. The molecule has 5 heteroatoms. The van der Waals surface area contributed by atoms with Crippen LogP contribution >= 0.6 is 0 Å². The molecule has 5 nitrogen and oxygen atoms in total. The topological polar surface area (TPSA) is 72.9 Å². The minimum absolute atomic E-state index is 0.197. The molecule has 1 rings (SSSR count). The summed E-state index contributed by atoms with van der Waals surface area (Å²) in [6, 6.07) is -0.268. The summed E-state index contributed by atoms with van der Waals surface area (Å²) in [6.45, 7) is 6.72. The summed E-state index contributed by atoms with van der Waals surface area (Å²) in [7, 11) is 0. The molecular formula is C10H18N4O. The predicted octanol–water partition coefficient (Wildman–Crippen LogP) is 0.427. The van der Waals surface area contributed by atoms with E-state index in [0.717, 1.165) is 12.2 Å². The maximum Gasteiger partial charge on any atom is 0.240 e. The highest BCUT2D eigenvalue weighted by Crippen LogP contribution is 2.12. The molecule has 0 spiro atoms. The van der Waals surface area contributed by atoms with Crippen LogP contribution in [0.2, 0.25) is 0 Å². The van der Waals surface area contributed by atoms with Crippen LogP contribution in [0.15, 0.2) is 12.5 Å². The number of carbonyl (C=O) groups excluding carboxylic acids is 1. The van der Waals surface area contributed by atoms with Crippen molar-refractivity contribution in [3.8, 4) is 0 Å². The highest BCUT2D eigenvalue weighted by Gasteiger charge is 2.21. The number of nitrogens with one attached hydrogen (secondary N) is 1. The van der Waals surface area contributed by atoms with E-state index in [-0.39, 0.29) is 11.9 Å². The lowest BCUT2D eigenvalue weighted by Gasteiger charge is -2.19. The van der Waals surface area contributed by atoms with Gasteiger partial charge in [0, 0.05) is 12.6 Å². The fraction of sp³-hybridized carbons (Fsp3) is 0.600. The van der Waals surface area contributed by atoms with E-state index in [1.165, 1.54) is 0 Å². The lowest BCUT2D eigenvalue weighted by atomic mass is 10.2. The Hall–Kier alpha value is -1.36. The Morgan fingerprint density at radius 3 is 2.80 bits per heavy atom. The van der Waals surface area contributed by atoms with Gasteiger partial charge in [0.2, 0.25) is 5.91 Å². The van der Waals surface area contributed by atoms with Crippen molar-refractivity contribution < 1.29 is 4.79 Å². The number of aryl methyl sites for hydroxylation is 1. The average Bonchev–Trinajstić information content (AvgIpc) is 2.60. The summed E-state index contributed by atoms with van der Waals surface area (Å²) >= 11 is 0. The van der Waals surface area contributed by atoms with E-state index in [0.29, 0.717) is 0 Å². The molecule has 0 aliphatic heterocycles. The summed E-state index contributed by atoms with van der Waals surface area (Å²) in [6.07, 6.45) is 3.38. The first-order chi connectivity index (χ1) is 7.06. The van der Waals surface area contributed by atoms with Gasteiger partial charge in [-0.1, -0.05) is 0 Å². The number of hydrogen-bond acceptors (Lipinski definition) is 3. The van der Waals surface area contributed by atoms with Crippen molar-refractivity contribution in [2.45, 2.75) is 39.4 Å². The molecule has 15 heavy (non-hydrogen) atoms. The second kappa shape index (κ2) is 4.93. The van der Waals surface area contributed by atoms with E-state index in [1.807, 2.05) is 25.3 Å². The Labute approximate surface area is 89.7 Å². The number of amides is 1. The zero-order valence-corrected chi connectivity index (χ0v) is 9.40. The molecule has 1 amide bonds. The number of primary amides is 1. The van der Waals surface area contributed by atoms with Crippen molar-refractivity contribution in [1.29, 1.82) is 0 Å². The Kier molecular flexibility index (Phi) is 3.85. The van der Waals surface area contributed by atoms with Crippen LogP contribution in [0.1, 0.15) is 32.5 Å². The quantitative estimate of drug-likeness (QED) is 0.740. The van der Waals surface area contributed by atoms with Crippen molar-refractivity contribution >= 4 is 5.91 Å². The van der Waals surface area contributed by atoms with Crippen molar-refractivity contribution in [2.75, 3.05) is 0 Å². The van der Waals surface area contributed by atoms with Gasteiger partial charge in [0.25, 0.3) is 0 Å². The van der Waals surface area contributed by atoms with Crippen molar-refractivity contribution in [1.82, 2.24) is 14.9 Å². The highest BCUT2D eigenvalue weighted by atomic mass is 16.1. The van der Waals surface area contributed by atoms with Crippen molar-refractivity contribution in [3.63, 3.8) is 0 Å². The largest absolute Gasteiger partial charge is 0.368 e. The van der Waals surface area contributed by atoms with E-state index in [9.17, 15) is 4.79 Å². The molecule has 0 aliphatic rings. The fourth-order valence-corrected chi connectivity index (χ4v) is 1.48. The number of hydrogen-bond donors (Lipinski definition) is 2. The maximum absolute atomic E-state index is 11.3. The predicted molar refractivity (Wildman–Crippen MR) is 58.1 cm³/mol. The second-order valence-electron chi connectivity index (χ2n) is 3.76. The van der Waals surface area contributed by atoms with Gasteiger partial charge in [-0.05, 0) is 20.8 Å². The van der Waals surface area contributed by atoms with Crippen LogP contribution in [-0.2, 0) is 11.3 Å². The first-order valence-electron chi connectivity index (χ1n) is 5.11. The zero-order valence-electron chi connectivity index (χ0n) is 9.40. The second-order valence-corrected chi connectivity index (χ2v) is 3.76. The number of rotatable bonds is 5.